The van der Waals surface area contributed by atoms with Crippen molar-refractivity contribution in [1.82, 2.24) is 5.32 Å². The number of hydrogen-bond acceptors (Lipinski definition) is 5. The summed E-state index contributed by atoms with van der Waals surface area (Å²) in [6.07, 6.45) is -0.219. The molecule has 0 aliphatic carbocycles. The van der Waals surface area contributed by atoms with Gasteiger partial charge in [-0.15, -0.1) is 0 Å². The summed E-state index contributed by atoms with van der Waals surface area (Å²) in [7, 11) is 0. The van der Waals surface area contributed by atoms with Gasteiger partial charge in [0.2, 0.25) is 0 Å². The average Bonchev–Trinajstić information content (AvgIpc) is 2.75. The number of nitro groups is 1. The lowest BCUT2D eigenvalue weighted by Gasteiger charge is -2.17. The van der Waals surface area contributed by atoms with Crippen LogP contribution in [-0.4, -0.2) is 35.9 Å². The fraction of sp³-hybridized carbons (Fsp3) is 0.500. The molecule has 1 amide bonds. The van der Waals surface area contributed by atoms with E-state index in [-0.39, 0.29) is 17.7 Å². The molecular formula is C14H18N2O5. The summed E-state index contributed by atoms with van der Waals surface area (Å²) >= 11 is 0. The second-order valence-electron chi connectivity index (χ2n) is 5.37. The van der Waals surface area contributed by atoms with E-state index in [9.17, 15) is 14.9 Å². The second-order valence-corrected chi connectivity index (χ2v) is 5.37. The van der Waals surface area contributed by atoms with Crippen LogP contribution in [0.5, 0.6) is 0 Å². The Morgan fingerprint density at radius 1 is 1.52 bits per heavy atom. The second kappa shape index (κ2) is 5.79. The highest BCUT2D eigenvalue weighted by Crippen LogP contribution is 2.23. The molecule has 7 nitrogen and oxygen atoms in total. The van der Waals surface area contributed by atoms with Gasteiger partial charge in [-0.3, -0.25) is 14.9 Å². The van der Waals surface area contributed by atoms with E-state index in [1.165, 1.54) is 12.1 Å². The molecule has 114 valence electrons. The van der Waals surface area contributed by atoms with Gasteiger partial charge < -0.3 is 14.8 Å². The van der Waals surface area contributed by atoms with Gasteiger partial charge in [0.05, 0.1) is 11.5 Å². The van der Waals surface area contributed by atoms with Crippen LogP contribution in [0.15, 0.2) is 18.2 Å². The van der Waals surface area contributed by atoms with Gasteiger partial charge in [-0.1, -0.05) is 6.07 Å². The van der Waals surface area contributed by atoms with Crippen molar-refractivity contribution in [2.45, 2.75) is 32.7 Å². The first kappa shape index (κ1) is 15.4. The van der Waals surface area contributed by atoms with Gasteiger partial charge in [0, 0.05) is 23.7 Å². The van der Waals surface area contributed by atoms with Crippen molar-refractivity contribution in [3.05, 3.63) is 39.4 Å². The minimum absolute atomic E-state index is 0.0655. The van der Waals surface area contributed by atoms with Gasteiger partial charge in [0.1, 0.15) is 6.10 Å². The van der Waals surface area contributed by atoms with Crippen molar-refractivity contribution in [1.29, 1.82) is 0 Å². The zero-order chi connectivity index (χ0) is 15.6. The van der Waals surface area contributed by atoms with Crippen LogP contribution in [0.2, 0.25) is 0 Å². The molecule has 1 N–H and O–H groups in total. The quantitative estimate of drug-likeness (QED) is 0.675. The number of ether oxygens (including phenoxy) is 2. The standard InChI is InChI=1S/C14H18N2O5/c1-9-11(5-4-6-12(9)16(18)19)13(17)15-7-10-8-20-14(2,3)21-10/h4-6,10H,7-8H2,1-3H3,(H,15,17). The van der Waals surface area contributed by atoms with Crippen LogP contribution in [0.1, 0.15) is 29.8 Å². The Kier molecular flexibility index (Phi) is 4.24. The van der Waals surface area contributed by atoms with Gasteiger partial charge in [-0.25, -0.2) is 0 Å². The first-order valence-electron chi connectivity index (χ1n) is 6.64. The van der Waals surface area contributed by atoms with Gasteiger partial charge in [-0.2, -0.15) is 0 Å². The van der Waals surface area contributed by atoms with Crippen molar-refractivity contribution >= 4 is 11.6 Å². The molecule has 1 unspecified atom stereocenters. The number of nitro benzene ring substituents is 1. The molecule has 0 saturated carbocycles. The smallest absolute Gasteiger partial charge is 0.273 e. The highest BCUT2D eigenvalue weighted by atomic mass is 16.7. The molecule has 1 saturated heterocycles. The molecule has 0 spiro atoms. The van der Waals surface area contributed by atoms with Crippen LogP contribution < -0.4 is 5.32 Å². The van der Waals surface area contributed by atoms with Crippen LogP contribution in [0.3, 0.4) is 0 Å². The van der Waals surface area contributed by atoms with E-state index in [1.807, 2.05) is 0 Å². The molecule has 1 fully saturated rings. The zero-order valence-corrected chi connectivity index (χ0v) is 12.2. The van der Waals surface area contributed by atoms with Gasteiger partial charge in [0.15, 0.2) is 5.79 Å². The van der Waals surface area contributed by atoms with Crippen LogP contribution in [0, 0.1) is 17.0 Å². The number of rotatable bonds is 4. The third-order valence-electron chi connectivity index (χ3n) is 3.30. The number of amides is 1. The Bertz CT molecular complexity index is 570. The van der Waals surface area contributed by atoms with Crippen molar-refractivity contribution in [2.75, 3.05) is 13.2 Å². The predicted octanol–water partition coefficient (Wildman–Crippen LogP) is 1.78. The Balaban J connectivity index is 2.01. The molecule has 21 heavy (non-hydrogen) atoms. The van der Waals surface area contributed by atoms with Crippen LogP contribution >= 0.6 is 0 Å². The summed E-state index contributed by atoms with van der Waals surface area (Å²) in [5, 5.41) is 13.6. The van der Waals surface area contributed by atoms with Crippen molar-refractivity contribution < 1.29 is 19.2 Å². The lowest BCUT2D eigenvalue weighted by molar-refractivity contribution is -0.385. The SMILES string of the molecule is Cc1c(C(=O)NCC2COC(C)(C)O2)cccc1[N+](=O)[O-]. The van der Waals surface area contributed by atoms with Crippen LogP contribution in [0.4, 0.5) is 5.69 Å². The van der Waals surface area contributed by atoms with E-state index in [4.69, 9.17) is 9.47 Å². The van der Waals surface area contributed by atoms with E-state index in [2.05, 4.69) is 5.32 Å². The minimum Gasteiger partial charge on any atom is -0.349 e. The average molecular weight is 294 g/mol. The van der Waals surface area contributed by atoms with Crippen molar-refractivity contribution in [3.63, 3.8) is 0 Å². The van der Waals surface area contributed by atoms with Crippen LogP contribution in [0.25, 0.3) is 0 Å². The third-order valence-corrected chi connectivity index (χ3v) is 3.30. The van der Waals surface area contributed by atoms with Crippen molar-refractivity contribution in [2.24, 2.45) is 0 Å². The van der Waals surface area contributed by atoms with E-state index in [0.29, 0.717) is 24.3 Å². The van der Waals surface area contributed by atoms with E-state index >= 15 is 0 Å². The Labute approximate surface area is 122 Å². The molecule has 1 heterocycles. The molecule has 1 aromatic rings. The summed E-state index contributed by atoms with van der Waals surface area (Å²) < 4.78 is 11.0. The first-order chi connectivity index (χ1) is 9.80. The maximum atomic E-state index is 12.1. The molecule has 1 aliphatic rings. The molecule has 1 aromatic carbocycles. The molecule has 7 heteroatoms. The maximum Gasteiger partial charge on any atom is 0.273 e. The summed E-state index contributed by atoms with van der Waals surface area (Å²) in [4.78, 5) is 22.5. The van der Waals surface area contributed by atoms with E-state index in [0.717, 1.165) is 0 Å². The summed E-state index contributed by atoms with van der Waals surface area (Å²) in [5.74, 6) is -0.999. The molecule has 0 aromatic heterocycles. The summed E-state index contributed by atoms with van der Waals surface area (Å²) in [6, 6.07) is 4.44. The first-order valence-corrected chi connectivity index (χ1v) is 6.64. The molecule has 1 aliphatic heterocycles. The molecular weight excluding hydrogens is 276 g/mol. The Morgan fingerprint density at radius 2 is 2.24 bits per heavy atom. The molecule has 0 bridgehead atoms. The normalized spacial score (nSPS) is 20.2. The maximum absolute atomic E-state index is 12.1. The predicted molar refractivity (Wildman–Crippen MR) is 75.1 cm³/mol. The number of nitrogens with one attached hydrogen (secondary N) is 1. The fourth-order valence-electron chi connectivity index (χ4n) is 2.23. The van der Waals surface area contributed by atoms with E-state index in [1.54, 1.807) is 26.8 Å². The monoisotopic (exact) mass is 294 g/mol. The summed E-state index contributed by atoms with van der Waals surface area (Å²) in [5.41, 5.74) is 0.579. The topological polar surface area (TPSA) is 90.7 Å². The van der Waals surface area contributed by atoms with Gasteiger partial charge >= 0.3 is 0 Å². The number of hydrogen-bond donors (Lipinski definition) is 1. The molecule has 0 radical (unpaired) electrons. The summed E-state index contributed by atoms with van der Waals surface area (Å²) in [6.45, 7) is 5.87. The minimum atomic E-state index is -0.642. The lowest BCUT2D eigenvalue weighted by atomic mass is 10.1. The molecule has 1 atom stereocenters. The number of carbonyl (C=O) groups excluding carboxylic acids is 1. The fourth-order valence-corrected chi connectivity index (χ4v) is 2.23. The van der Waals surface area contributed by atoms with Crippen LogP contribution in [-0.2, 0) is 9.47 Å². The number of nitrogens with zero attached hydrogens (tertiary/aromatic N) is 1. The number of carbonyl (C=O) groups is 1. The zero-order valence-electron chi connectivity index (χ0n) is 12.2. The molecule has 2 rings (SSSR count). The van der Waals surface area contributed by atoms with Gasteiger partial charge in [-0.05, 0) is 26.8 Å². The van der Waals surface area contributed by atoms with Crippen molar-refractivity contribution in [3.8, 4) is 0 Å². The van der Waals surface area contributed by atoms with Gasteiger partial charge in [0.25, 0.3) is 11.6 Å². The third kappa shape index (κ3) is 3.56. The lowest BCUT2D eigenvalue weighted by Crippen LogP contribution is -2.34. The highest BCUT2D eigenvalue weighted by Gasteiger charge is 2.32. The Hall–Kier alpha value is -1.99. The number of benzene rings is 1. The largest absolute Gasteiger partial charge is 0.349 e. The Morgan fingerprint density at radius 3 is 2.81 bits per heavy atom. The van der Waals surface area contributed by atoms with E-state index < -0.39 is 10.7 Å². The highest BCUT2D eigenvalue weighted by molar-refractivity contribution is 5.96.